The molecule has 1 aliphatic heterocycles. The van der Waals surface area contributed by atoms with Gasteiger partial charge in [0.1, 0.15) is 6.54 Å². The molecule has 1 aromatic rings. The van der Waals surface area contributed by atoms with E-state index in [1.807, 2.05) is 0 Å². The number of amides is 4. The third-order valence-corrected chi connectivity index (χ3v) is 3.94. The molecule has 0 radical (unpaired) electrons. The summed E-state index contributed by atoms with van der Waals surface area (Å²) in [4.78, 5) is 33.9. The molecule has 22 heavy (non-hydrogen) atoms. The molecule has 6 nitrogen and oxygen atoms in total. The Bertz CT molecular complexity index is 638. The van der Waals surface area contributed by atoms with E-state index < -0.39 is 22.7 Å². The molecule has 1 N–H and O–H groups in total. The van der Waals surface area contributed by atoms with Gasteiger partial charge in [0, 0.05) is 0 Å². The molecule has 1 aliphatic rings. The van der Waals surface area contributed by atoms with E-state index in [2.05, 4.69) is 5.32 Å². The van der Waals surface area contributed by atoms with Crippen molar-refractivity contribution in [3.8, 4) is 0 Å². The van der Waals surface area contributed by atoms with Crippen LogP contribution in [0.4, 0.5) is 4.79 Å². The second-order valence-corrected chi connectivity index (χ2v) is 6.27. The fourth-order valence-electron chi connectivity index (χ4n) is 1.83. The number of benzene rings is 1. The van der Waals surface area contributed by atoms with Crippen molar-refractivity contribution in [1.29, 1.82) is 0 Å². The Kier molecular flexibility index (Phi) is 5.39. The van der Waals surface area contributed by atoms with E-state index in [1.54, 1.807) is 18.2 Å². The minimum absolute atomic E-state index is 0.0117. The zero-order valence-electron chi connectivity index (χ0n) is 10.9. The molecule has 0 atom stereocenters. The quantitative estimate of drug-likeness (QED) is 0.814. The second-order valence-electron chi connectivity index (χ2n) is 4.36. The van der Waals surface area contributed by atoms with E-state index in [0.717, 1.165) is 10.0 Å². The highest BCUT2D eigenvalue weighted by molar-refractivity contribution is 6.53. The van der Waals surface area contributed by atoms with E-state index in [-0.39, 0.29) is 13.1 Å². The van der Waals surface area contributed by atoms with Crippen molar-refractivity contribution < 1.29 is 14.4 Å². The predicted molar refractivity (Wildman–Crippen MR) is 82.8 cm³/mol. The van der Waals surface area contributed by atoms with Crippen molar-refractivity contribution in [2.24, 2.45) is 0 Å². The molecule has 4 amide bonds. The summed E-state index contributed by atoms with van der Waals surface area (Å²) >= 11 is 22.8. The molecular formula is C12H9Cl4N3O3. The summed E-state index contributed by atoms with van der Waals surface area (Å²) in [7, 11) is 0. The van der Waals surface area contributed by atoms with Gasteiger partial charge in [0.25, 0.3) is 5.91 Å². The number of nitrogens with zero attached hydrogens (tertiary/aromatic N) is 2. The summed E-state index contributed by atoms with van der Waals surface area (Å²) in [6.07, 6.45) is 0. The number of hydrazine groups is 1. The van der Waals surface area contributed by atoms with Gasteiger partial charge in [-0.2, -0.15) is 0 Å². The zero-order valence-corrected chi connectivity index (χ0v) is 13.9. The lowest BCUT2D eigenvalue weighted by atomic mass is 10.2. The molecular weight excluding hydrogens is 376 g/mol. The number of halogens is 4. The van der Waals surface area contributed by atoms with E-state index >= 15 is 0 Å². The minimum atomic E-state index is -1.39. The standard InChI is InChI=1S/C12H9Cl4N3O3/c13-7-2-1-6(3-8(7)14)4-19-12(22)17-9(20)5-18(19)11(21)10(15)16/h1-3,10H,4-5H2,(H,17,20,22). The smallest absolute Gasteiger partial charge is 0.275 e. The maximum absolute atomic E-state index is 12.0. The molecule has 0 spiro atoms. The van der Waals surface area contributed by atoms with Crippen LogP contribution in [0.3, 0.4) is 0 Å². The van der Waals surface area contributed by atoms with Crippen LogP contribution in [0.2, 0.25) is 10.0 Å². The van der Waals surface area contributed by atoms with Gasteiger partial charge < -0.3 is 0 Å². The monoisotopic (exact) mass is 383 g/mol. The number of carbonyl (C=O) groups excluding carboxylic acids is 3. The zero-order chi connectivity index (χ0) is 16.4. The van der Waals surface area contributed by atoms with Gasteiger partial charge >= 0.3 is 6.03 Å². The van der Waals surface area contributed by atoms with Gasteiger partial charge in [-0.15, -0.1) is 0 Å². The van der Waals surface area contributed by atoms with Crippen molar-refractivity contribution in [2.75, 3.05) is 6.54 Å². The van der Waals surface area contributed by atoms with Gasteiger partial charge in [0.2, 0.25) is 5.91 Å². The third-order valence-electron chi connectivity index (χ3n) is 2.82. The summed E-state index contributed by atoms with van der Waals surface area (Å²) in [6.45, 7) is -0.371. The van der Waals surface area contributed by atoms with Gasteiger partial charge in [-0.3, -0.25) is 14.9 Å². The minimum Gasteiger partial charge on any atom is -0.275 e. The fourth-order valence-corrected chi connectivity index (χ4v) is 2.38. The maximum atomic E-state index is 12.0. The summed E-state index contributed by atoms with van der Waals surface area (Å²) in [6, 6.07) is 3.99. The Balaban J connectivity index is 2.27. The summed E-state index contributed by atoms with van der Waals surface area (Å²) in [5.74, 6) is -1.40. The largest absolute Gasteiger partial charge is 0.343 e. The van der Waals surface area contributed by atoms with Gasteiger partial charge in [0.05, 0.1) is 16.6 Å². The molecule has 1 saturated heterocycles. The number of rotatable bonds is 3. The van der Waals surface area contributed by atoms with E-state index in [0.29, 0.717) is 15.6 Å². The number of alkyl halides is 2. The van der Waals surface area contributed by atoms with E-state index in [4.69, 9.17) is 46.4 Å². The van der Waals surface area contributed by atoms with Crippen molar-refractivity contribution in [3.05, 3.63) is 33.8 Å². The van der Waals surface area contributed by atoms with Crippen molar-refractivity contribution in [1.82, 2.24) is 15.3 Å². The summed E-state index contributed by atoms with van der Waals surface area (Å²) in [5, 5.41) is 4.70. The van der Waals surface area contributed by atoms with Crippen LogP contribution in [-0.4, -0.2) is 39.2 Å². The highest BCUT2D eigenvalue weighted by atomic mass is 35.5. The first-order valence-corrected chi connectivity index (χ1v) is 7.57. The summed E-state index contributed by atoms with van der Waals surface area (Å²) < 4.78 is 0. The van der Waals surface area contributed by atoms with Gasteiger partial charge in [-0.25, -0.2) is 14.8 Å². The van der Waals surface area contributed by atoms with E-state index in [9.17, 15) is 14.4 Å². The van der Waals surface area contributed by atoms with Crippen LogP contribution in [0.5, 0.6) is 0 Å². The van der Waals surface area contributed by atoms with Crippen LogP contribution >= 0.6 is 46.4 Å². The van der Waals surface area contributed by atoms with E-state index in [1.165, 1.54) is 0 Å². The Morgan fingerprint density at radius 3 is 2.50 bits per heavy atom. The highest BCUT2D eigenvalue weighted by Crippen LogP contribution is 2.24. The van der Waals surface area contributed by atoms with Crippen molar-refractivity contribution >= 4 is 64.2 Å². The third kappa shape index (κ3) is 3.76. The Morgan fingerprint density at radius 1 is 1.23 bits per heavy atom. The number of nitrogens with one attached hydrogen (secondary N) is 1. The van der Waals surface area contributed by atoms with Gasteiger partial charge in [0.15, 0.2) is 4.84 Å². The lowest BCUT2D eigenvalue weighted by Crippen LogP contribution is -2.62. The molecule has 10 heteroatoms. The molecule has 118 valence electrons. The first kappa shape index (κ1) is 17.1. The molecule has 2 rings (SSSR count). The summed E-state index contributed by atoms with van der Waals surface area (Å²) in [5.41, 5.74) is 0.609. The van der Waals surface area contributed by atoms with Crippen LogP contribution in [0.1, 0.15) is 5.56 Å². The number of hydrogen-bond acceptors (Lipinski definition) is 3. The van der Waals surface area contributed by atoms with Crippen LogP contribution < -0.4 is 5.32 Å². The van der Waals surface area contributed by atoms with Crippen LogP contribution in [0.15, 0.2) is 18.2 Å². The lowest BCUT2D eigenvalue weighted by molar-refractivity contribution is -0.151. The molecule has 1 fully saturated rings. The molecule has 1 aromatic carbocycles. The molecule has 0 saturated carbocycles. The Hall–Kier alpha value is -1.21. The maximum Gasteiger partial charge on any atom is 0.343 e. The predicted octanol–water partition coefficient (Wildman–Crippen LogP) is 2.59. The molecule has 0 unspecified atom stereocenters. The Labute approximate surface area is 145 Å². The average Bonchev–Trinajstić information content (AvgIpc) is 2.44. The second kappa shape index (κ2) is 6.91. The topological polar surface area (TPSA) is 69.7 Å². The van der Waals surface area contributed by atoms with Gasteiger partial charge in [-0.05, 0) is 17.7 Å². The first-order chi connectivity index (χ1) is 10.3. The number of carbonyl (C=O) groups is 3. The first-order valence-electron chi connectivity index (χ1n) is 5.94. The SMILES string of the molecule is O=C1CN(C(=O)C(Cl)Cl)N(Cc2ccc(Cl)c(Cl)c2)C(=O)N1. The lowest BCUT2D eigenvalue weighted by Gasteiger charge is -2.37. The average molecular weight is 385 g/mol. The van der Waals surface area contributed by atoms with Crippen LogP contribution in [-0.2, 0) is 16.1 Å². The molecule has 0 bridgehead atoms. The van der Waals surface area contributed by atoms with Crippen LogP contribution in [0, 0.1) is 0 Å². The number of urea groups is 1. The normalized spacial score (nSPS) is 15.3. The van der Waals surface area contributed by atoms with Crippen molar-refractivity contribution in [3.63, 3.8) is 0 Å². The number of imide groups is 1. The molecule has 0 aromatic heterocycles. The number of hydrogen-bond donors (Lipinski definition) is 1. The van der Waals surface area contributed by atoms with Gasteiger partial charge in [-0.1, -0.05) is 52.5 Å². The fraction of sp³-hybridized carbons (Fsp3) is 0.250. The Morgan fingerprint density at radius 2 is 1.91 bits per heavy atom. The molecule has 0 aliphatic carbocycles. The van der Waals surface area contributed by atoms with Crippen LogP contribution in [0.25, 0.3) is 0 Å². The molecule has 1 heterocycles. The van der Waals surface area contributed by atoms with Crippen molar-refractivity contribution in [2.45, 2.75) is 11.4 Å². The highest BCUT2D eigenvalue weighted by Gasteiger charge is 2.36.